The molecule has 4 heteroatoms. The van der Waals surface area contributed by atoms with E-state index in [1.807, 2.05) is 31.2 Å². The van der Waals surface area contributed by atoms with Crippen LogP contribution in [0, 0.1) is 18.3 Å². The number of rotatable bonds is 4. The zero-order valence-corrected chi connectivity index (χ0v) is 9.42. The van der Waals surface area contributed by atoms with Gasteiger partial charge in [0.15, 0.2) is 9.84 Å². The van der Waals surface area contributed by atoms with Crippen molar-refractivity contribution >= 4 is 9.84 Å². The normalized spacial score (nSPS) is 10.9. The molecule has 0 aliphatic carbocycles. The minimum absolute atomic E-state index is 0.0242. The van der Waals surface area contributed by atoms with E-state index in [0.717, 1.165) is 11.1 Å². The highest BCUT2D eigenvalue weighted by molar-refractivity contribution is 7.90. The molecule has 0 aromatic heterocycles. The predicted octanol–water partition coefficient (Wildman–Crippen LogP) is 1.82. The summed E-state index contributed by atoms with van der Waals surface area (Å²) in [6.07, 6.45) is 0.0636. The van der Waals surface area contributed by atoms with Crippen LogP contribution in [0.3, 0.4) is 0 Å². The Morgan fingerprint density at radius 1 is 1.40 bits per heavy atom. The van der Waals surface area contributed by atoms with E-state index in [4.69, 9.17) is 5.26 Å². The topological polar surface area (TPSA) is 57.9 Å². The van der Waals surface area contributed by atoms with Gasteiger partial charge in [0.2, 0.25) is 0 Å². The van der Waals surface area contributed by atoms with Gasteiger partial charge < -0.3 is 0 Å². The Bertz CT molecular complexity index is 472. The van der Waals surface area contributed by atoms with Crippen LogP contribution in [0.15, 0.2) is 24.3 Å². The van der Waals surface area contributed by atoms with Crippen molar-refractivity contribution in [3.8, 4) is 6.07 Å². The predicted molar refractivity (Wildman–Crippen MR) is 58.9 cm³/mol. The Morgan fingerprint density at radius 3 is 2.73 bits per heavy atom. The van der Waals surface area contributed by atoms with Crippen molar-refractivity contribution in [3.63, 3.8) is 0 Å². The molecule has 0 heterocycles. The highest BCUT2D eigenvalue weighted by Crippen LogP contribution is 2.09. The molecule has 0 fully saturated rings. The first-order valence-corrected chi connectivity index (χ1v) is 6.48. The number of sulfone groups is 1. The lowest BCUT2D eigenvalue weighted by atomic mass is 10.2. The van der Waals surface area contributed by atoms with Gasteiger partial charge in [-0.1, -0.05) is 29.8 Å². The largest absolute Gasteiger partial charge is 0.228 e. The highest BCUT2D eigenvalue weighted by Gasteiger charge is 2.11. The lowest BCUT2D eigenvalue weighted by Crippen LogP contribution is -2.08. The molecule has 0 bridgehead atoms. The number of hydrogen-bond donors (Lipinski definition) is 0. The van der Waals surface area contributed by atoms with E-state index in [1.165, 1.54) is 0 Å². The maximum Gasteiger partial charge on any atom is 0.155 e. The van der Waals surface area contributed by atoms with Crippen molar-refractivity contribution in [1.82, 2.24) is 0 Å². The Morgan fingerprint density at radius 2 is 2.13 bits per heavy atom. The minimum Gasteiger partial charge on any atom is -0.228 e. The van der Waals surface area contributed by atoms with Gasteiger partial charge in [0.1, 0.15) is 0 Å². The zero-order chi connectivity index (χ0) is 11.3. The third-order valence-electron chi connectivity index (χ3n) is 1.99. The summed E-state index contributed by atoms with van der Waals surface area (Å²) in [4.78, 5) is 0. The second-order valence-electron chi connectivity index (χ2n) is 3.49. The summed E-state index contributed by atoms with van der Waals surface area (Å²) < 4.78 is 23.0. The quantitative estimate of drug-likeness (QED) is 0.782. The van der Waals surface area contributed by atoms with Crippen LogP contribution >= 0.6 is 0 Å². The molecule has 3 nitrogen and oxygen atoms in total. The lowest BCUT2D eigenvalue weighted by molar-refractivity contribution is 0.595. The van der Waals surface area contributed by atoms with Crippen LogP contribution in [-0.2, 0) is 15.6 Å². The monoisotopic (exact) mass is 223 g/mol. The molecule has 1 aromatic carbocycles. The van der Waals surface area contributed by atoms with Crippen LogP contribution in [0.5, 0.6) is 0 Å². The first kappa shape index (κ1) is 11.7. The molecule has 0 aliphatic heterocycles. The van der Waals surface area contributed by atoms with E-state index < -0.39 is 9.84 Å². The maximum atomic E-state index is 11.5. The smallest absolute Gasteiger partial charge is 0.155 e. The van der Waals surface area contributed by atoms with Crippen LogP contribution < -0.4 is 0 Å². The number of benzene rings is 1. The highest BCUT2D eigenvalue weighted by atomic mass is 32.2. The SMILES string of the molecule is Cc1cccc(CS(=O)(=O)CCC#N)c1. The van der Waals surface area contributed by atoms with Crippen molar-refractivity contribution in [2.75, 3.05) is 5.75 Å². The fourth-order valence-corrected chi connectivity index (χ4v) is 2.56. The summed E-state index contributed by atoms with van der Waals surface area (Å²) in [5, 5.41) is 8.33. The molecular formula is C11H13NO2S. The molecule has 1 aromatic rings. The standard InChI is InChI=1S/C11H13NO2S/c1-10-4-2-5-11(8-10)9-15(13,14)7-3-6-12/h2,4-5,8H,3,7,9H2,1H3. The number of nitriles is 1. The van der Waals surface area contributed by atoms with E-state index in [1.54, 1.807) is 6.07 Å². The molecular weight excluding hydrogens is 210 g/mol. The minimum atomic E-state index is -3.14. The molecule has 0 N–H and O–H groups in total. The molecule has 1 rings (SSSR count). The van der Waals surface area contributed by atoms with E-state index in [-0.39, 0.29) is 17.9 Å². The first-order valence-electron chi connectivity index (χ1n) is 4.66. The third-order valence-corrected chi connectivity index (χ3v) is 3.59. The van der Waals surface area contributed by atoms with Crippen LogP contribution in [0.4, 0.5) is 0 Å². The average Bonchev–Trinajstić information content (AvgIpc) is 2.14. The molecule has 0 radical (unpaired) electrons. The molecule has 80 valence electrons. The van der Waals surface area contributed by atoms with Gasteiger partial charge in [0.05, 0.1) is 17.6 Å². The van der Waals surface area contributed by atoms with Crippen molar-refractivity contribution in [2.24, 2.45) is 0 Å². The van der Waals surface area contributed by atoms with Crippen LogP contribution in [-0.4, -0.2) is 14.2 Å². The van der Waals surface area contributed by atoms with Gasteiger partial charge >= 0.3 is 0 Å². The summed E-state index contributed by atoms with van der Waals surface area (Å²) in [7, 11) is -3.14. The number of hydrogen-bond acceptors (Lipinski definition) is 3. The van der Waals surface area contributed by atoms with E-state index >= 15 is 0 Å². The second-order valence-corrected chi connectivity index (χ2v) is 5.67. The van der Waals surface area contributed by atoms with Gasteiger partial charge in [-0.25, -0.2) is 8.42 Å². The van der Waals surface area contributed by atoms with E-state index in [0.29, 0.717) is 0 Å². The summed E-state index contributed by atoms with van der Waals surface area (Å²) in [6.45, 7) is 1.92. The number of aryl methyl sites for hydroxylation is 1. The van der Waals surface area contributed by atoms with E-state index in [9.17, 15) is 8.42 Å². The zero-order valence-electron chi connectivity index (χ0n) is 8.60. The van der Waals surface area contributed by atoms with Crippen molar-refractivity contribution in [1.29, 1.82) is 5.26 Å². The Kier molecular flexibility index (Phi) is 3.87. The molecule has 0 unspecified atom stereocenters. The van der Waals surface area contributed by atoms with Gasteiger partial charge in [-0.15, -0.1) is 0 Å². The fraction of sp³-hybridized carbons (Fsp3) is 0.364. The van der Waals surface area contributed by atoms with Crippen LogP contribution in [0.1, 0.15) is 17.5 Å². The van der Waals surface area contributed by atoms with Crippen LogP contribution in [0.25, 0.3) is 0 Å². The van der Waals surface area contributed by atoms with Gasteiger partial charge in [-0.05, 0) is 12.5 Å². The summed E-state index contributed by atoms with van der Waals surface area (Å²) in [6, 6.07) is 9.24. The summed E-state index contributed by atoms with van der Waals surface area (Å²) in [5.74, 6) is -0.0339. The Balaban J connectivity index is 2.74. The second kappa shape index (κ2) is 4.94. The van der Waals surface area contributed by atoms with Crippen LogP contribution in [0.2, 0.25) is 0 Å². The Labute approximate surface area is 90.3 Å². The molecule has 0 spiro atoms. The van der Waals surface area contributed by atoms with Gasteiger partial charge in [0.25, 0.3) is 0 Å². The molecule has 0 atom stereocenters. The third kappa shape index (κ3) is 4.13. The lowest BCUT2D eigenvalue weighted by Gasteiger charge is -2.03. The first-order chi connectivity index (χ1) is 7.03. The summed E-state index contributed by atoms with van der Waals surface area (Å²) in [5.41, 5.74) is 1.83. The molecule has 0 aliphatic rings. The fourth-order valence-electron chi connectivity index (χ4n) is 1.33. The van der Waals surface area contributed by atoms with Crippen molar-refractivity contribution in [3.05, 3.63) is 35.4 Å². The van der Waals surface area contributed by atoms with Gasteiger partial charge in [-0.3, -0.25) is 0 Å². The molecule has 15 heavy (non-hydrogen) atoms. The van der Waals surface area contributed by atoms with Crippen molar-refractivity contribution < 1.29 is 8.42 Å². The van der Waals surface area contributed by atoms with E-state index in [2.05, 4.69) is 0 Å². The average molecular weight is 223 g/mol. The van der Waals surface area contributed by atoms with Gasteiger partial charge in [-0.2, -0.15) is 5.26 Å². The maximum absolute atomic E-state index is 11.5. The Hall–Kier alpha value is -1.34. The van der Waals surface area contributed by atoms with Gasteiger partial charge in [0, 0.05) is 6.42 Å². The molecule has 0 saturated heterocycles. The van der Waals surface area contributed by atoms with Crippen molar-refractivity contribution in [2.45, 2.75) is 19.1 Å². The summed E-state index contributed by atoms with van der Waals surface area (Å²) >= 11 is 0. The molecule has 0 saturated carbocycles. The number of nitrogens with zero attached hydrogens (tertiary/aromatic N) is 1. The molecule has 0 amide bonds.